The lowest BCUT2D eigenvalue weighted by Crippen LogP contribution is -2.37. The summed E-state index contributed by atoms with van der Waals surface area (Å²) >= 11 is 0. The Kier molecular flexibility index (Phi) is 3.95. The highest BCUT2D eigenvalue weighted by Crippen LogP contribution is 2.48. The van der Waals surface area contributed by atoms with E-state index in [2.05, 4.69) is 11.9 Å². The van der Waals surface area contributed by atoms with Crippen molar-refractivity contribution < 1.29 is 5.11 Å². The summed E-state index contributed by atoms with van der Waals surface area (Å²) in [5.41, 5.74) is 0. The van der Waals surface area contributed by atoms with Crippen molar-refractivity contribution in [3.8, 4) is 0 Å². The fraction of sp³-hybridized carbons (Fsp3) is 1.00. The molecule has 2 bridgehead atoms. The van der Waals surface area contributed by atoms with E-state index in [1.54, 1.807) is 0 Å². The highest BCUT2D eigenvalue weighted by Gasteiger charge is 2.39. The smallest absolute Gasteiger partial charge is 0.0695 e. The Hall–Kier alpha value is -0.0800. The van der Waals surface area contributed by atoms with Crippen molar-refractivity contribution in [3.63, 3.8) is 0 Å². The zero-order valence-corrected chi connectivity index (χ0v) is 11.9. The molecule has 4 atom stereocenters. The molecule has 3 aliphatic rings. The van der Waals surface area contributed by atoms with Gasteiger partial charge >= 0.3 is 0 Å². The molecule has 0 aromatic heterocycles. The van der Waals surface area contributed by atoms with Crippen molar-refractivity contribution in [2.75, 3.05) is 20.1 Å². The zero-order valence-electron chi connectivity index (χ0n) is 11.9. The fourth-order valence-electron chi connectivity index (χ4n) is 4.89. The second kappa shape index (κ2) is 5.50. The number of likely N-dealkylation sites (N-methyl/N-ethyl adjacent to an activating group) is 1. The van der Waals surface area contributed by atoms with Crippen molar-refractivity contribution in [3.05, 3.63) is 0 Å². The minimum atomic E-state index is -0.0731. The van der Waals surface area contributed by atoms with E-state index >= 15 is 0 Å². The van der Waals surface area contributed by atoms with Crippen LogP contribution >= 0.6 is 0 Å². The highest BCUT2D eigenvalue weighted by atomic mass is 16.3. The Morgan fingerprint density at radius 1 is 1.11 bits per heavy atom. The van der Waals surface area contributed by atoms with E-state index in [9.17, 15) is 5.11 Å². The van der Waals surface area contributed by atoms with Crippen LogP contribution in [0, 0.1) is 23.7 Å². The van der Waals surface area contributed by atoms with Gasteiger partial charge in [0, 0.05) is 13.1 Å². The van der Waals surface area contributed by atoms with Gasteiger partial charge in [-0.15, -0.1) is 0 Å². The first-order valence-electron chi connectivity index (χ1n) is 8.09. The van der Waals surface area contributed by atoms with Crippen LogP contribution in [0.5, 0.6) is 0 Å². The molecule has 0 aromatic rings. The maximum Gasteiger partial charge on any atom is 0.0695 e. The van der Waals surface area contributed by atoms with E-state index in [-0.39, 0.29) is 6.10 Å². The fourth-order valence-corrected chi connectivity index (χ4v) is 4.89. The summed E-state index contributed by atoms with van der Waals surface area (Å²) in [6.07, 6.45) is 11.0. The van der Waals surface area contributed by atoms with Gasteiger partial charge < -0.3 is 10.0 Å². The molecular formula is C16H29NO. The Bertz CT molecular complexity index is 274. The predicted molar refractivity (Wildman–Crippen MR) is 74.4 cm³/mol. The summed E-state index contributed by atoms with van der Waals surface area (Å²) < 4.78 is 0. The van der Waals surface area contributed by atoms with E-state index in [0.717, 1.165) is 24.3 Å². The molecule has 0 heterocycles. The third kappa shape index (κ3) is 2.75. The van der Waals surface area contributed by atoms with Crippen LogP contribution in [0.3, 0.4) is 0 Å². The maximum absolute atomic E-state index is 10.3. The minimum absolute atomic E-state index is 0.0731. The van der Waals surface area contributed by atoms with Crippen LogP contribution in [-0.2, 0) is 0 Å². The van der Waals surface area contributed by atoms with Crippen molar-refractivity contribution in [1.29, 1.82) is 0 Å². The van der Waals surface area contributed by atoms with Crippen molar-refractivity contribution in [1.82, 2.24) is 4.90 Å². The minimum Gasteiger partial charge on any atom is -0.392 e. The van der Waals surface area contributed by atoms with Crippen LogP contribution in [0.2, 0.25) is 0 Å². The zero-order chi connectivity index (χ0) is 12.5. The topological polar surface area (TPSA) is 23.5 Å². The summed E-state index contributed by atoms with van der Waals surface area (Å²) in [5.74, 6) is 3.59. The molecule has 0 radical (unpaired) electrons. The lowest BCUT2D eigenvalue weighted by molar-refractivity contribution is 0.0658. The van der Waals surface area contributed by atoms with Crippen molar-refractivity contribution in [2.45, 2.75) is 57.5 Å². The van der Waals surface area contributed by atoms with Gasteiger partial charge in [-0.3, -0.25) is 0 Å². The van der Waals surface area contributed by atoms with Gasteiger partial charge in [-0.2, -0.15) is 0 Å². The largest absolute Gasteiger partial charge is 0.392 e. The van der Waals surface area contributed by atoms with E-state index in [0.29, 0.717) is 5.92 Å². The van der Waals surface area contributed by atoms with Gasteiger partial charge in [-0.1, -0.05) is 19.3 Å². The molecule has 0 aromatic carbocycles. The monoisotopic (exact) mass is 251 g/mol. The molecule has 2 nitrogen and oxygen atoms in total. The first kappa shape index (κ1) is 12.9. The standard InChI is InChI=1S/C16H29NO/c1-17(11-16(18)13-4-2-3-5-13)10-15-9-12-6-7-14(15)8-12/h12-16,18H,2-11H2,1H3. The molecule has 3 fully saturated rings. The van der Waals surface area contributed by atoms with E-state index < -0.39 is 0 Å². The van der Waals surface area contributed by atoms with E-state index in [1.807, 2.05) is 0 Å². The van der Waals surface area contributed by atoms with Crippen LogP contribution in [0.25, 0.3) is 0 Å². The van der Waals surface area contributed by atoms with Gasteiger partial charge in [-0.05, 0) is 62.8 Å². The molecule has 3 aliphatic carbocycles. The Morgan fingerprint density at radius 3 is 2.50 bits per heavy atom. The second-order valence-corrected chi connectivity index (χ2v) is 7.27. The lowest BCUT2D eigenvalue weighted by Gasteiger charge is -2.30. The van der Waals surface area contributed by atoms with Gasteiger partial charge in [0.25, 0.3) is 0 Å². The quantitative estimate of drug-likeness (QED) is 0.812. The summed E-state index contributed by atoms with van der Waals surface area (Å²) in [5, 5.41) is 10.3. The first-order chi connectivity index (χ1) is 8.72. The van der Waals surface area contributed by atoms with Crippen LogP contribution in [0.15, 0.2) is 0 Å². The summed E-state index contributed by atoms with van der Waals surface area (Å²) in [6.45, 7) is 2.13. The highest BCUT2D eigenvalue weighted by molar-refractivity contribution is 4.91. The molecule has 18 heavy (non-hydrogen) atoms. The first-order valence-corrected chi connectivity index (χ1v) is 8.09. The molecule has 4 unspecified atom stereocenters. The number of fused-ring (bicyclic) bond motifs is 2. The maximum atomic E-state index is 10.3. The molecule has 0 amide bonds. The second-order valence-electron chi connectivity index (χ2n) is 7.27. The number of nitrogens with zero attached hydrogens (tertiary/aromatic N) is 1. The van der Waals surface area contributed by atoms with Crippen molar-refractivity contribution >= 4 is 0 Å². The molecule has 3 saturated carbocycles. The Labute approximate surface area is 112 Å². The molecule has 0 saturated heterocycles. The van der Waals surface area contributed by atoms with Gasteiger partial charge in [0.05, 0.1) is 6.10 Å². The summed E-state index contributed by atoms with van der Waals surface area (Å²) in [7, 11) is 2.21. The summed E-state index contributed by atoms with van der Waals surface area (Å²) in [4.78, 5) is 2.41. The van der Waals surface area contributed by atoms with Crippen LogP contribution in [0.1, 0.15) is 51.4 Å². The molecular weight excluding hydrogens is 222 g/mol. The third-order valence-electron chi connectivity index (χ3n) is 5.87. The van der Waals surface area contributed by atoms with E-state index in [1.165, 1.54) is 57.9 Å². The normalized spacial score (nSPS) is 37.8. The predicted octanol–water partition coefficient (Wildman–Crippen LogP) is 2.91. The van der Waals surface area contributed by atoms with Crippen molar-refractivity contribution in [2.24, 2.45) is 23.7 Å². The molecule has 0 aliphatic heterocycles. The Balaban J connectivity index is 1.42. The van der Waals surface area contributed by atoms with Crippen LogP contribution in [0.4, 0.5) is 0 Å². The molecule has 2 heteroatoms. The van der Waals surface area contributed by atoms with Crippen LogP contribution < -0.4 is 0 Å². The van der Waals surface area contributed by atoms with Gasteiger partial charge in [0.2, 0.25) is 0 Å². The number of rotatable bonds is 5. The Morgan fingerprint density at radius 2 is 1.89 bits per heavy atom. The SMILES string of the molecule is CN(CC(O)C1CCCC1)CC1CC2CCC1C2. The average Bonchev–Trinajstić information content (AvgIpc) is 3.06. The molecule has 3 rings (SSSR count). The van der Waals surface area contributed by atoms with Crippen LogP contribution in [-0.4, -0.2) is 36.2 Å². The average molecular weight is 251 g/mol. The number of hydrogen-bond donors (Lipinski definition) is 1. The number of aliphatic hydroxyl groups is 1. The summed E-state index contributed by atoms with van der Waals surface area (Å²) in [6, 6.07) is 0. The number of hydrogen-bond acceptors (Lipinski definition) is 2. The molecule has 104 valence electrons. The van der Waals surface area contributed by atoms with Gasteiger partial charge in [-0.25, -0.2) is 0 Å². The molecule has 0 spiro atoms. The van der Waals surface area contributed by atoms with E-state index in [4.69, 9.17) is 0 Å². The van der Waals surface area contributed by atoms with Gasteiger partial charge in [0.1, 0.15) is 0 Å². The number of aliphatic hydroxyl groups excluding tert-OH is 1. The van der Waals surface area contributed by atoms with Gasteiger partial charge in [0.15, 0.2) is 0 Å². The molecule has 1 N–H and O–H groups in total. The third-order valence-corrected chi connectivity index (χ3v) is 5.87. The lowest BCUT2D eigenvalue weighted by atomic mass is 9.88.